The minimum Gasteiger partial charge on any atom is -0.455 e. The molecule has 0 bridgehead atoms. The molecule has 1 N–H and O–H groups in total. The first-order chi connectivity index (χ1) is 15.2. The van der Waals surface area contributed by atoms with Crippen molar-refractivity contribution in [2.24, 2.45) is 0 Å². The van der Waals surface area contributed by atoms with Crippen molar-refractivity contribution in [2.45, 2.75) is 37.1 Å². The van der Waals surface area contributed by atoms with Gasteiger partial charge in [0.15, 0.2) is 11.5 Å². The van der Waals surface area contributed by atoms with E-state index in [0.29, 0.717) is 11.4 Å². The molecule has 3 unspecified atom stereocenters. The Morgan fingerprint density at radius 2 is 2.13 bits per heavy atom. The van der Waals surface area contributed by atoms with Gasteiger partial charge in [0.2, 0.25) is 6.79 Å². The molecule has 1 fully saturated rings. The minimum atomic E-state index is -0.861. The largest absolute Gasteiger partial charge is 0.455 e. The number of hydrogen-bond donors (Lipinski definition) is 1. The molecule has 4 atom stereocenters. The standard InChI is InChI=1S/C24H22N2O5/c27-18-9-14-6-8-26-12-15-10-19-20(30-13-29-19)11-17(15)22(23(14)26)24(18)31-21(28)5-4-16-3-1-2-7-25-16/h1-5,7,9-11,18,22-24,27H,6,8,12-13H2/b5-4+/t18?,22?,23?,24-/m1/s1. The van der Waals surface area contributed by atoms with Crippen molar-refractivity contribution < 1.29 is 24.1 Å². The summed E-state index contributed by atoms with van der Waals surface area (Å²) in [6, 6.07) is 9.62. The number of aliphatic hydroxyl groups excluding tert-OH is 1. The molecule has 2 aromatic rings. The molecule has 4 aliphatic rings. The summed E-state index contributed by atoms with van der Waals surface area (Å²) in [5.74, 6) is 0.790. The molecule has 1 aliphatic carbocycles. The van der Waals surface area contributed by atoms with E-state index in [2.05, 4.69) is 9.88 Å². The van der Waals surface area contributed by atoms with Crippen LogP contribution in [0.25, 0.3) is 6.08 Å². The van der Waals surface area contributed by atoms with E-state index in [9.17, 15) is 9.90 Å². The lowest BCUT2D eigenvalue weighted by atomic mass is 9.73. The van der Waals surface area contributed by atoms with Crippen LogP contribution in [0.5, 0.6) is 11.5 Å². The second-order valence-electron chi connectivity index (χ2n) is 8.32. The molecule has 3 aliphatic heterocycles. The van der Waals surface area contributed by atoms with Gasteiger partial charge in [0.05, 0.1) is 5.69 Å². The number of rotatable bonds is 3. The highest BCUT2D eigenvalue weighted by atomic mass is 16.7. The molecule has 0 amide bonds. The molecule has 158 valence electrons. The monoisotopic (exact) mass is 418 g/mol. The van der Waals surface area contributed by atoms with Crippen LogP contribution in [0, 0.1) is 0 Å². The molecule has 7 nitrogen and oxygen atoms in total. The Balaban J connectivity index is 1.34. The fourth-order valence-corrected chi connectivity index (χ4v) is 5.27. The summed E-state index contributed by atoms with van der Waals surface area (Å²) >= 11 is 0. The number of fused-ring (bicyclic) bond motifs is 3. The molecule has 0 spiro atoms. The predicted octanol–water partition coefficient (Wildman–Crippen LogP) is 2.41. The van der Waals surface area contributed by atoms with Crippen molar-refractivity contribution in [2.75, 3.05) is 13.3 Å². The number of ether oxygens (including phenoxy) is 3. The molecule has 1 aromatic carbocycles. The van der Waals surface area contributed by atoms with Crippen LogP contribution in [0.15, 0.2) is 54.3 Å². The lowest BCUT2D eigenvalue weighted by Crippen LogP contribution is -2.51. The zero-order valence-electron chi connectivity index (χ0n) is 16.8. The van der Waals surface area contributed by atoms with Gasteiger partial charge in [-0.2, -0.15) is 0 Å². The normalized spacial score (nSPS) is 28.2. The maximum Gasteiger partial charge on any atom is 0.331 e. The third-order valence-electron chi connectivity index (χ3n) is 6.57. The van der Waals surface area contributed by atoms with Crippen molar-refractivity contribution >= 4 is 12.0 Å². The van der Waals surface area contributed by atoms with Crippen molar-refractivity contribution in [1.29, 1.82) is 0 Å². The summed E-state index contributed by atoms with van der Waals surface area (Å²) in [6.45, 7) is 1.94. The number of esters is 1. The Bertz CT molecular complexity index is 1100. The number of pyridine rings is 1. The van der Waals surface area contributed by atoms with Crippen LogP contribution in [0.2, 0.25) is 0 Å². The van der Waals surface area contributed by atoms with Crippen LogP contribution >= 0.6 is 0 Å². The van der Waals surface area contributed by atoms with E-state index in [1.807, 2.05) is 36.4 Å². The number of carbonyl (C=O) groups excluding carboxylic acids is 1. The third kappa shape index (κ3) is 3.12. The smallest absolute Gasteiger partial charge is 0.331 e. The predicted molar refractivity (Wildman–Crippen MR) is 111 cm³/mol. The third-order valence-corrected chi connectivity index (χ3v) is 6.57. The fraction of sp³-hybridized carbons (Fsp3) is 0.333. The van der Waals surface area contributed by atoms with Crippen LogP contribution in [0.1, 0.15) is 29.2 Å². The Morgan fingerprint density at radius 1 is 1.26 bits per heavy atom. The van der Waals surface area contributed by atoms with Gasteiger partial charge in [0, 0.05) is 37.3 Å². The Morgan fingerprint density at radius 3 is 2.97 bits per heavy atom. The van der Waals surface area contributed by atoms with Crippen molar-refractivity contribution in [3.05, 3.63) is 71.1 Å². The summed E-state index contributed by atoms with van der Waals surface area (Å²) in [7, 11) is 0. The number of aliphatic hydroxyl groups is 1. The van der Waals surface area contributed by atoms with Crippen molar-refractivity contribution in [1.82, 2.24) is 9.88 Å². The minimum absolute atomic E-state index is 0.119. The van der Waals surface area contributed by atoms with Crippen LogP contribution in [-0.4, -0.2) is 52.5 Å². The summed E-state index contributed by atoms with van der Waals surface area (Å²) in [5, 5.41) is 10.9. The molecule has 31 heavy (non-hydrogen) atoms. The molecular formula is C24H22N2O5. The highest BCUT2D eigenvalue weighted by Crippen LogP contribution is 2.50. The molecular weight excluding hydrogens is 396 g/mol. The first kappa shape index (κ1) is 18.6. The number of carbonyl (C=O) groups is 1. The molecule has 0 saturated carbocycles. The van der Waals surface area contributed by atoms with E-state index in [-0.39, 0.29) is 18.8 Å². The fourth-order valence-electron chi connectivity index (χ4n) is 5.27. The molecule has 1 saturated heterocycles. The Hall–Kier alpha value is -3.16. The average Bonchev–Trinajstić information content (AvgIpc) is 3.40. The molecule has 7 heteroatoms. The zero-order valence-corrected chi connectivity index (χ0v) is 16.8. The van der Waals surface area contributed by atoms with E-state index >= 15 is 0 Å². The highest BCUT2D eigenvalue weighted by Gasteiger charge is 2.50. The van der Waals surface area contributed by atoms with Gasteiger partial charge in [0.25, 0.3) is 0 Å². The highest BCUT2D eigenvalue weighted by molar-refractivity contribution is 5.87. The number of hydrogen-bond acceptors (Lipinski definition) is 7. The lowest BCUT2D eigenvalue weighted by molar-refractivity contribution is -0.150. The van der Waals surface area contributed by atoms with Crippen LogP contribution in [-0.2, 0) is 16.1 Å². The van der Waals surface area contributed by atoms with Gasteiger partial charge in [-0.25, -0.2) is 4.79 Å². The maximum absolute atomic E-state index is 12.7. The SMILES string of the molecule is O=C(/C=C/c1ccccn1)O[C@@H]1C(O)C=C2CCN3Cc4cc5c(cc4C1C23)OCO5. The average molecular weight is 418 g/mol. The molecule has 1 aromatic heterocycles. The summed E-state index contributed by atoms with van der Waals surface area (Å²) < 4.78 is 17.0. The summed E-state index contributed by atoms with van der Waals surface area (Å²) in [5.41, 5.74) is 4.08. The summed E-state index contributed by atoms with van der Waals surface area (Å²) in [4.78, 5) is 19.2. The van der Waals surface area contributed by atoms with Crippen molar-refractivity contribution in [3.63, 3.8) is 0 Å². The van der Waals surface area contributed by atoms with Crippen LogP contribution in [0.4, 0.5) is 0 Å². The first-order valence-corrected chi connectivity index (χ1v) is 10.5. The molecule has 6 rings (SSSR count). The first-order valence-electron chi connectivity index (χ1n) is 10.5. The van der Waals surface area contributed by atoms with Crippen LogP contribution < -0.4 is 9.47 Å². The lowest BCUT2D eigenvalue weighted by Gasteiger charge is -2.45. The van der Waals surface area contributed by atoms with Gasteiger partial charge >= 0.3 is 5.97 Å². The van der Waals surface area contributed by atoms with Gasteiger partial charge in [-0.15, -0.1) is 0 Å². The number of nitrogens with zero attached hydrogens (tertiary/aromatic N) is 2. The van der Waals surface area contributed by atoms with E-state index in [4.69, 9.17) is 14.2 Å². The van der Waals surface area contributed by atoms with Gasteiger partial charge < -0.3 is 19.3 Å². The van der Waals surface area contributed by atoms with Crippen LogP contribution in [0.3, 0.4) is 0 Å². The number of aromatic nitrogens is 1. The van der Waals surface area contributed by atoms with Gasteiger partial charge in [-0.05, 0) is 47.9 Å². The Labute approximate surface area is 179 Å². The Kier molecular flexibility index (Phi) is 4.33. The number of benzene rings is 1. The van der Waals surface area contributed by atoms with E-state index in [0.717, 1.165) is 36.4 Å². The second-order valence-corrected chi connectivity index (χ2v) is 8.32. The van der Waals surface area contributed by atoms with Gasteiger partial charge in [0.1, 0.15) is 12.2 Å². The topological polar surface area (TPSA) is 81.1 Å². The summed E-state index contributed by atoms with van der Waals surface area (Å²) in [6.07, 6.45) is 5.89. The molecule has 4 heterocycles. The van der Waals surface area contributed by atoms with Crippen molar-refractivity contribution in [3.8, 4) is 11.5 Å². The maximum atomic E-state index is 12.7. The molecule has 0 radical (unpaired) electrons. The quantitative estimate of drug-likeness (QED) is 0.466. The van der Waals surface area contributed by atoms with Gasteiger partial charge in [-0.1, -0.05) is 17.7 Å². The second kappa shape index (κ2) is 7.21. The van der Waals surface area contributed by atoms with E-state index in [1.54, 1.807) is 12.3 Å². The van der Waals surface area contributed by atoms with Gasteiger partial charge in [-0.3, -0.25) is 9.88 Å². The van der Waals surface area contributed by atoms with E-state index in [1.165, 1.54) is 11.6 Å². The van der Waals surface area contributed by atoms with E-state index < -0.39 is 18.2 Å². The zero-order chi connectivity index (χ0) is 20.9.